The Morgan fingerprint density at radius 3 is 2.67 bits per heavy atom. The normalized spacial score (nSPS) is 11.5. The fraction of sp³-hybridized carbons (Fsp3) is 0.500. The van der Waals surface area contributed by atoms with Crippen LogP contribution < -0.4 is 10.6 Å². The Hall–Kier alpha value is -0.580. The highest BCUT2D eigenvalue weighted by atomic mass is 35.5. The zero-order valence-corrected chi connectivity index (χ0v) is 10.6. The van der Waals surface area contributed by atoms with Gasteiger partial charge < -0.3 is 10.6 Å². The highest BCUT2D eigenvalue weighted by Crippen LogP contribution is 2.21. The molecule has 5 heteroatoms. The molecule has 84 valence electrons. The lowest BCUT2D eigenvalue weighted by Gasteiger charge is -2.22. The first-order valence-electron chi connectivity index (χ1n) is 4.67. The van der Waals surface area contributed by atoms with Crippen molar-refractivity contribution >= 4 is 28.8 Å². The van der Waals surface area contributed by atoms with Crippen molar-refractivity contribution in [2.45, 2.75) is 25.9 Å². The van der Waals surface area contributed by atoms with Gasteiger partial charge in [0.25, 0.3) is 0 Å². The molecule has 0 spiro atoms. The van der Waals surface area contributed by atoms with Crippen LogP contribution in [0.2, 0.25) is 4.34 Å². The van der Waals surface area contributed by atoms with Crippen LogP contribution in [-0.2, 0) is 11.3 Å². The standard InChI is InChI=1S/C10H15ClN2OS/c1-10(2,12-3)9(14)13-6-7-4-5-8(11)15-7/h4-5,12H,6H2,1-3H3,(H,13,14). The Morgan fingerprint density at radius 2 is 2.20 bits per heavy atom. The van der Waals surface area contributed by atoms with Gasteiger partial charge in [0.05, 0.1) is 16.4 Å². The van der Waals surface area contributed by atoms with Gasteiger partial charge >= 0.3 is 0 Å². The summed E-state index contributed by atoms with van der Waals surface area (Å²) in [5, 5.41) is 5.80. The molecule has 15 heavy (non-hydrogen) atoms. The van der Waals surface area contributed by atoms with Gasteiger partial charge in [-0.15, -0.1) is 11.3 Å². The Bertz CT molecular complexity index is 349. The molecule has 1 heterocycles. The number of hydrogen-bond donors (Lipinski definition) is 2. The van der Waals surface area contributed by atoms with Crippen LogP contribution in [0.5, 0.6) is 0 Å². The summed E-state index contributed by atoms with van der Waals surface area (Å²) in [5.41, 5.74) is -0.541. The Balaban J connectivity index is 2.47. The summed E-state index contributed by atoms with van der Waals surface area (Å²) in [7, 11) is 1.77. The number of carbonyl (C=O) groups excluding carboxylic acids is 1. The van der Waals surface area contributed by atoms with Crippen LogP contribution in [0.3, 0.4) is 0 Å². The summed E-state index contributed by atoms with van der Waals surface area (Å²) in [6.07, 6.45) is 0. The van der Waals surface area contributed by atoms with Crippen molar-refractivity contribution in [3.05, 3.63) is 21.3 Å². The zero-order chi connectivity index (χ0) is 11.5. The molecule has 0 radical (unpaired) electrons. The molecule has 0 saturated carbocycles. The van der Waals surface area contributed by atoms with E-state index in [0.717, 1.165) is 9.21 Å². The van der Waals surface area contributed by atoms with E-state index in [9.17, 15) is 4.79 Å². The number of nitrogens with one attached hydrogen (secondary N) is 2. The van der Waals surface area contributed by atoms with E-state index < -0.39 is 5.54 Å². The maximum atomic E-state index is 11.7. The van der Waals surface area contributed by atoms with Gasteiger partial charge in [-0.05, 0) is 33.0 Å². The molecule has 0 aliphatic heterocycles. The highest BCUT2D eigenvalue weighted by Gasteiger charge is 2.24. The molecule has 1 aromatic heterocycles. The van der Waals surface area contributed by atoms with Crippen molar-refractivity contribution in [1.82, 2.24) is 10.6 Å². The smallest absolute Gasteiger partial charge is 0.240 e. The van der Waals surface area contributed by atoms with E-state index in [-0.39, 0.29) is 5.91 Å². The molecule has 1 amide bonds. The highest BCUT2D eigenvalue weighted by molar-refractivity contribution is 7.16. The molecule has 0 aliphatic rings. The van der Waals surface area contributed by atoms with Crippen molar-refractivity contribution in [1.29, 1.82) is 0 Å². The van der Waals surface area contributed by atoms with E-state index in [1.165, 1.54) is 11.3 Å². The summed E-state index contributed by atoms with van der Waals surface area (Å²) in [6.45, 7) is 4.20. The second kappa shape index (κ2) is 4.96. The zero-order valence-electron chi connectivity index (χ0n) is 9.06. The fourth-order valence-electron chi connectivity index (χ4n) is 0.949. The van der Waals surface area contributed by atoms with Crippen molar-refractivity contribution < 1.29 is 4.79 Å². The molecular formula is C10H15ClN2OS. The second-order valence-corrected chi connectivity index (χ2v) is 5.56. The summed E-state index contributed by atoms with van der Waals surface area (Å²) in [4.78, 5) is 12.7. The predicted octanol–water partition coefficient (Wildman–Crippen LogP) is 2.02. The number of likely N-dealkylation sites (N-methyl/N-ethyl adjacent to an activating group) is 1. The number of rotatable bonds is 4. The van der Waals surface area contributed by atoms with E-state index in [0.29, 0.717) is 6.54 Å². The molecule has 0 aliphatic carbocycles. The number of carbonyl (C=O) groups is 1. The van der Waals surface area contributed by atoms with Gasteiger partial charge in [0.15, 0.2) is 0 Å². The Labute approximate surface area is 98.8 Å². The van der Waals surface area contributed by atoms with E-state index >= 15 is 0 Å². The average Bonchev–Trinajstić information content (AvgIpc) is 2.60. The number of halogens is 1. The first-order chi connectivity index (χ1) is 6.95. The van der Waals surface area contributed by atoms with Gasteiger partial charge in [0.1, 0.15) is 0 Å². The minimum absolute atomic E-state index is 0.0190. The van der Waals surface area contributed by atoms with Gasteiger partial charge in [-0.3, -0.25) is 4.79 Å². The molecule has 1 rings (SSSR count). The third-order valence-electron chi connectivity index (χ3n) is 2.24. The molecule has 0 aromatic carbocycles. The van der Waals surface area contributed by atoms with Gasteiger partial charge in [0, 0.05) is 4.88 Å². The van der Waals surface area contributed by atoms with Crippen molar-refractivity contribution in [3.8, 4) is 0 Å². The van der Waals surface area contributed by atoms with Crippen LogP contribution in [0, 0.1) is 0 Å². The second-order valence-electron chi connectivity index (χ2n) is 3.76. The molecule has 0 unspecified atom stereocenters. The molecule has 0 fully saturated rings. The molecule has 3 nitrogen and oxygen atoms in total. The van der Waals surface area contributed by atoms with E-state index in [1.54, 1.807) is 7.05 Å². The predicted molar refractivity (Wildman–Crippen MR) is 64.3 cm³/mol. The van der Waals surface area contributed by atoms with Crippen LogP contribution >= 0.6 is 22.9 Å². The summed E-state index contributed by atoms with van der Waals surface area (Å²) >= 11 is 7.26. The van der Waals surface area contributed by atoms with Crippen molar-refractivity contribution in [2.24, 2.45) is 0 Å². The van der Waals surface area contributed by atoms with E-state index in [2.05, 4.69) is 10.6 Å². The number of thiophene rings is 1. The largest absolute Gasteiger partial charge is 0.350 e. The molecule has 0 saturated heterocycles. The summed E-state index contributed by atoms with van der Waals surface area (Å²) in [6, 6.07) is 3.75. The van der Waals surface area contributed by atoms with Crippen LogP contribution in [0.25, 0.3) is 0 Å². The van der Waals surface area contributed by atoms with E-state index in [1.807, 2.05) is 26.0 Å². The quantitative estimate of drug-likeness (QED) is 0.854. The SMILES string of the molecule is CNC(C)(C)C(=O)NCc1ccc(Cl)s1. The van der Waals surface area contributed by atoms with Crippen LogP contribution in [-0.4, -0.2) is 18.5 Å². The van der Waals surface area contributed by atoms with Crippen molar-refractivity contribution in [3.63, 3.8) is 0 Å². The average molecular weight is 247 g/mol. The molecule has 1 aromatic rings. The lowest BCUT2D eigenvalue weighted by atomic mass is 10.1. The molecule has 0 bridgehead atoms. The van der Waals surface area contributed by atoms with Crippen LogP contribution in [0.15, 0.2) is 12.1 Å². The van der Waals surface area contributed by atoms with E-state index in [4.69, 9.17) is 11.6 Å². The van der Waals surface area contributed by atoms with Crippen LogP contribution in [0.4, 0.5) is 0 Å². The molecule has 0 atom stereocenters. The minimum atomic E-state index is -0.541. The number of amides is 1. The maximum Gasteiger partial charge on any atom is 0.240 e. The van der Waals surface area contributed by atoms with Gasteiger partial charge in [-0.2, -0.15) is 0 Å². The van der Waals surface area contributed by atoms with Gasteiger partial charge in [-0.1, -0.05) is 11.6 Å². The summed E-state index contributed by atoms with van der Waals surface area (Å²) < 4.78 is 0.743. The number of hydrogen-bond acceptors (Lipinski definition) is 3. The first-order valence-corrected chi connectivity index (χ1v) is 5.86. The third-order valence-corrected chi connectivity index (χ3v) is 3.48. The first kappa shape index (κ1) is 12.5. The van der Waals surface area contributed by atoms with Gasteiger partial charge in [0.2, 0.25) is 5.91 Å². The van der Waals surface area contributed by atoms with Gasteiger partial charge in [-0.25, -0.2) is 0 Å². The van der Waals surface area contributed by atoms with Crippen molar-refractivity contribution in [2.75, 3.05) is 7.05 Å². The lowest BCUT2D eigenvalue weighted by Crippen LogP contribution is -2.50. The monoisotopic (exact) mass is 246 g/mol. The van der Waals surface area contributed by atoms with Crippen LogP contribution in [0.1, 0.15) is 18.7 Å². The topological polar surface area (TPSA) is 41.1 Å². The lowest BCUT2D eigenvalue weighted by molar-refractivity contribution is -0.126. The Kier molecular flexibility index (Phi) is 4.13. The third kappa shape index (κ3) is 3.48. The molecular weight excluding hydrogens is 232 g/mol. The molecule has 2 N–H and O–H groups in total. The summed E-state index contributed by atoms with van der Waals surface area (Å²) in [5.74, 6) is -0.0190. The maximum absolute atomic E-state index is 11.7. The minimum Gasteiger partial charge on any atom is -0.350 e. The Morgan fingerprint density at radius 1 is 1.53 bits per heavy atom. The fourth-order valence-corrected chi connectivity index (χ4v) is 1.98.